The molecule has 2 aromatic carbocycles. The number of amides is 2. The highest BCUT2D eigenvalue weighted by Gasteiger charge is 2.40. The van der Waals surface area contributed by atoms with Gasteiger partial charge in [0.25, 0.3) is 5.91 Å². The van der Waals surface area contributed by atoms with Crippen LogP contribution in [0.5, 0.6) is 0 Å². The molecule has 1 saturated carbocycles. The van der Waals surface area contributed by atoms with Gasteiger partial charge >= 0.3 is 0 Å². The van der Waals surface area contributed by atoms with Gasteiger partial charge in [0.15, 0.2) is 0 Å². The van der Waals surface area contributed by atoms with Crippen molar-refractivity contribution in [3.05, 3.63) is 57.6 Å². The topological polar surface area (TPSA) is 70.2 Å². The fraction of sp³-hybridized carbons (Fsp3) is 0.517. The lowest BCUT2D eigenvalue weighted by Crippen LogP contribution is -2.42. The van der Waals surface area contributed by atoms with Gasteiger partial charge in [-0.05, 0) is 92.1 Å². The zero-order valence-electron chi connectivity index (χ0n) is 20.6. The summed E-state index contributed by atoms with van der Waals surface area (Å²) >= 11 is 13.9. The average molecular weight is 529 g/mol. The molecule has 2 unspecified atom stereocenters. The Bertz CT molecular complexity index is 1070. The summed E-state index contributed by atoms with van der Waals surface area (Å²) in [5.74, 6) is 0.478. The average Bonchev–Trinajstić information content (AvgIpc) is 3.32. The molecule has 2 atom stereocenters. The Balaban J connectivity index is 1.38. The SMILES string of the molecule is O=C(NC1CCNCC1)c1ccc(-c2cc(Cl)c(C(C3CCCCC3)C3CCNC3=O)c(Cl)c2)cc1. The number of carbonyl (C=O) groups excluding carboxylic acids is 2. The minimum absolute atomic E-state index is 0.0370. The lowest BCUT2D eigenvalue weighted by molar-refractivity contribution is -0.123. The van der Waals surface area contributed by atoms with E-state index in [9.17, 15) is 9.59 Å². The van der Waals surface area contributed by atoms with Crippen LogP contribution < -0.4 is 16.0 Å². The smallest absolute Gasteiger partial charge is 0.251 e. The fourth-order valence-electron chi connectivity index (χ4n) is 6.33. The molecule has 5 rings (SSSR count). The molecule has 3 fully saturated rings. The molecule has 0 radical (unpaired) electrons. The lowest BCUT2D eigenvalue weighted by atomic mass is 9.70. The molecular weight excluding hydrogens is 493 g/mol. The highest BCUT2D eigenvalue weighted by molar-refractivity contribution is 6.36. The van der Waals surface area contributed by atoms with Crippen LogP contribution in [0.25, 0.3) is 11.1 Å². The molecule has 0 bridgehead atoms. The first-order valence-corrected chi connectivity index (χ1v) is 14.2. The first-order chi connectivity index (χ1) is 17.5. The van der Waals surface area contributed by atoms with E-state index in [-0.39, 0.29) is 29.7 Å². The van der Waals surface area contributed by atoms with Crippen LogP contribution in [0.1, 0.15) is 73.2 Å². The highest BCUT2D eigenvalue weighted by Crippen LogP contribution is 2.48. The quantitative estimate of drug-likeness (QED) is 0.435. The molecule has 2 aliphatic heterocycles. The molecule has 7 heteroatoms. The summed E-state index contributed by atoms with van der Waals surface area (Å²) in [6.07, 6.45) is 8.62. The van der Waals surface area contributed by atoms with Crippen molar-refractivity contribution in [1.29, 1.82) is 0 Å². The third-order valence-corrected chi connectivity index (χ3v) is 8.88. The van der Waals surface area contributed by atoms with Crippen LogP contribution in [0.2, 0.25) is 10.0 Å². The second kappa shape index (κ2) is 11.5. The minimum Gasteiger partial charge on any atom is -0.356 e. The standard InChI is InChI=1S/C29H35Cl2N3O2/c30-24-16-21(18-6-8-20(9-7-18)28(35)34-22-10-13-32-14-11-22)17-25(31)27(24)26(19-4-2-1-3-5-19)23-12-15-33-29(23)36/h6-9,16-17,19,22-23,26,32H,1-5,10-15H2,(H,33,36)(H,34,35). The molecule has 2 heterocycles. The molecule has 36 heavy (non-hydrogen) atoms. The Labute approximate surface area is 223 Å². The molecule has 2 aromatic rings. The molecule has 1 aliphatic carbocycles. The van der Waals surface area contributed by atoms with Crippen molar-refractivity contribution in [2.45, 2.75) is 63.3 Å². The van der Waals surface area contributed by atoms with Gasteiger partial charge in [-0.25, -0.2) is 0 Å². The van der Waals surface area contributed by atoms with E-state index in [1.54, 1.807) is 0 Å². The largest absolute Gasteiger partial charge is 0.356 e. The summed E-state index contributed by atoms with van der Waals surface area (Å²) in [5.41, 5.74) is 3.44. The van der Waals surface area contributed by atoms with Gasteiger partial charge < -0.3 is 16.0 Å². The van der Waals surface area contributed by atoms with E-state index in [0.29, 0.717) is 21.5 Å². The summed E-state index contributed by atoms with van der Waals surface area (Å²) in [6, 6.07) is 11.8. The number of benzene rings is 2. The number of carbonyl (C=O) groups is 2. The Morgan fingerprint density at radius 2 is 1.53 bits per heavy atom. The van der Waals surface area contributed by atoms with Crippen molar-refractivity contribution >= 4 is 35.0 Å². The molecule has 2 amide bonds. The number of nitrogens with one attached hydrogen (secondary N) is 3. The van der Waals surface area contributed by atoms with E-state index in [1.807, 2.05) is 36.4 Å². The molecule has 3 aliphatic rings. The van der Waals surface area contributed by atoms with E-state index in [2.05, 4.69) is 16.0 Å². The van der Waals surface area contributed by atoms with Gasteiger partial charge in [0.05, 0.1) is 0 Å². The first kappa shape index (κ1) is 25.6. The Kier molecular flexibility index (Phi) is 8.19. The lowest BCUT2D eigenvalue weighted by Gasteiger charge is -2.34. The summed E-state index contributed by atoms with van der Waals surface area (Å²) < 4.78 is 0. The number of rotatable bonds is 6. The monoisotopic (exact) mass is 527 g/mol. The molecule has 0 spiro atoms. The van der Waals surface area contributed by atoms with Crippen molar-refractivity contribution in [2.24, 2.45) is 11.8 Å². The normalized spacial score (nSPS) is 22.3. The van der Waals surface area contributed by atoms with E-state index in [0.717, 1.165) is 68.4 Å². The van der Waals surface area contributed by atoms with Crippen molar-refractivity contribution in [2.75, 3.05) is 19.6 Å². The molecule has 0 aromatic heterocycles. The van der Waals surface area contributed by atoms with Crippen LogP contribution in [-0.2, 0) is 4.79 Å². The second-order valence-corrected chi connectivity index (χ2v) is 11.4. The summed E-state index contributed by atoms with van der Waals surface area (Å²) in [7, 11) is 0. The Morgan fingerprint density at radius 3 is 2.14 bits per heavy atom. The molecule has 192 valence electrons. The van der Waals surface area contributed by atoms with Crippen molar-refractivity contribution in [3.8, 4) is 11.1 Å². The Hall–Kier alpha value is -2.08. The third kappa shape index (κ3) is 5.58. The minimum atomic E-state index is -0.0771. The highest BCUT2D eigenvalue weighted by atomic mass is 35.5. The zero-order chi connectivity index (χ0) is 25.1. The predicted octanol–water partition coefficient (Wildman–Crippen LogP) is 5.94. The van der Waals surface area contributed by atoms with Crippen LogP contribution in [0.4, 0.5) is 0 Å². The molecule has 3 N–H and O–H groups in total. The summed E-state index contributed by atoms with van der Waals surface area (Å²) in [5, 5.41) is 10.7. The number of piperidine rings is 1. The van der Waals surface area contributed by atoms with Crippen molar-refractivity contribution < 1.29 is 9.59 Å². The van der Waals surface area contributed by atoms with Gasteiger partial charge in [0.2, 0.25) is 5.91 Å². The second-order valence-electron chi connectivity index (χ2n) is 10.5. The predicted molar refractivity (Wildman–Crippen MR) is 146 cm³/mol. The van der Waals surface area contributed by atoms with Crippen LogP contribution in [-0.4, -0.2) is 37.5 Å². The summed E-state index contributed by atoms with van der Waals surface area (Å²) in [4.78, 5) is 25.4. The molecule has 2 saturated heterocycles. The van der Waals surface area contributed by atoms with Crippen LogP contribution >= 0.6 is 23.2 Å². The zero-order valence-corrected chi connectivity index (χ0v) is 22.1. The molecular formula is C29H35Cl2N3O2. The van der Waals surface area contributed by atoms with E-state index >= 15 is 0 Å². The number of hydrogen-bond acceptors (Lipinski definition) is 3. The first-order valence-electron chi connectivity index (χ1n) is 13.4. The number of halogens is 2. The maximum absolute atomic E-state index is 12.7. The van der Waals surface area contributed by atoms with Crippen LogP contribution in [0.3, 0.4) is 0 Å². The van der Waals surface area contributed by atoms with E-state index < -0.39 is 0 Å². The van der Waals surface area contributed by atoms with Crippen LogP contribution in [0.15, 0.2) is 36.4 Å². The number of hydrogen-bond donors (Lipinski definition) is 3. The fourth-order valence-corrected chi connectivity index (χ4v) is 7.07. The van der Waals surface area contributed by atoms with Crippen LogP contribution in [0, 0.1) is 11.8 Å². The molecule has 5 nitrogen and oxygen atoms in total. The van der Waals surface area contributed by atoms with Gasteiger partial charge in [-0.2, -0.15) is 0 Å². The maximum atomic E-state index is 12.7. The van der Waals surface area contributed by atoms with Crippen molar-refractivity contribution in [1.82, 2.24) is 16.0 Å². The van der Waals surface area contributed by atoms with Gasteiger partial charge in [-0.15, -0.1) is 0 Å². The third-order valence-electron chi connectivity index (χ3n) is 8.25. The Morgan fingerprint density at radius 1 is 0.861 bits per heavy atom. The van der Waals surface area contributed by atoms with Crippen molar-refractivity contribution in [3.63, 3.8) is 0 Å². The summed E-state index contributed by atoms with van der Waals surface area (Å²) in [6.45, 7) is 2.60. The van der Waals surface area contributed by atoms with Gasteiger partial charge in [-0.3, -0.25) is 9.59 Å². The van der Waals surface area contributed by atoms with Gasteiger partial charge in [-0.1, -0.05) is 54.6 Å². The maximum Gasteiger partial charge on any atom is 0.251 e. The van der Waals surface area contributed by atoms with E-state index in [4.69, 9.17) is 23.2 Å². The van der Waals surface area contributed by atoms with Gasteiger partial charge in [0.1, 0.15) is 0 Å². The van der Waals surface area contributed by atoms with E-state index in [1.165, 1.54) is 19.3 Å². The van der Waals surface area contributed by atoms with Gasteiger partial charge in [0, 0.05) is 40.0 Å².